The maximum Gasteiger partial charge on any atom is 0.346 e. The smallest absolute Gasteiger partial charge is 0.324 e. The molecule has 0 radical (unpaired) electrons. The molecule has 0 saturated heterocycles. The number of benzene rings is 1. The molecular weight excluding hydrogens is 503 g/mol. The van der Waals surface area contributed by atoms with Crippen LogP contribution in [0.4, 0.5) is 0 Å². The third kappa shape index (κ3) is 4.79. The van der Waals surface area contributed by atoms with Gasteiger partial charge in [0.15, 0.2) is 4.90 Å². The number of nitrogens with two attached hydrogens (primary N) is 1. The van der Waals surface area contributed by atoms with Gasteiger partial charge in [-0.1, -0.05) is 50.9 Å². The molecule has 14 heteroatoms. The van der Waals surface area contributed by atoms with Crippen molar-refractivity contribution in [3.8, 4) is 0 Å². The molecule has 1 rings (SSSR count). The van der Waals surface area contributed by atoms with Gasteiger partial charge in [-0.3, -0.25) is 18.8 Å². The van der Waals surface area contributed by atoms with Gasteiger partial charge in [0.1, 0.15) is 5.84 Å². The molecule has 1 amide bonds. The summed E-state index contributed by atoms with van der Waals surface area (Å²) in [5.41, 5.74) is -2.13. The zero-order chi connectivity index (χ0) is 25.1. The van der Waals surface area contributed by atoms with E-state index in [-0.39, 0.29) is 40.7 Å². The predicted octanol–water partition coefficient (Wildman–Crippen LogP) is 4.14. The van der Waals surface area contributed by atoms with Gasteiger partial charge in [-0.05, 0) is 37.5 Å². The number of carbonyl (C=O) groups excluding carboxylic acids is 1. The second kappa shape index (κ2) is 10.5. The summed E-state index contributed by atoms with van der Waals surface area (Å²) in [4.78, 5) is 53.1. The fourth-order valence-electron chi connectivity index (χ4n) is 4.44. The number of carbonyl (C=O) groups is 1. The van der Waals surface area contributed by atoms with Crippen molar-refractivity contribution in [2.75, 3.05) is 0 Å². The summed E-state index contributed by atoms with van der Waals surface area (Å²) in [6, 6.07) is 3.95. The Kier molecular flexibility index (Phi) is 9.57. The van der Waals surface area contributed by atoms with Crippen LogP contribution < -0.4 is 5.84 Å². The van der Waals surface area contributed by atoms with Gasteiger partial charge in [0.25, 0.3) is 5.91 Å². The van der Waals surface area contributed by atoms with Crippen molar-refractivity contribution >= 4 is 50.1 Å². The molecular formula is C18H29Cl2N3O7P2. The lowest BCUT2D eigenvalue weighted by atomic mass is 9.83. The van der Waals surface area contributed by atoms with E-state index in [4.69, 9.17) is 29.0 Å². The molecule has 0 saturated carbocycles. The molecule has 0 aliphatic heterocycles. The van der Waals surface area contributed by atoms with Crippen LogP contribution >= 0.6 is 38.4 Å². The number of amidine groups is 1. The SMILES string of the molecule is CCC(=NN)N(C(=O)c1cc(Cl)cc(Cl)c1)C(CC)(CC)C(CC)(P(=O)(O)O)P(=O)(O)O. The monoisotopic (exact) mass is 531 g/mol. The lowest BCUT2D eigenvalue weighted by molar-refractivity contribution is 0.0562. The summed E-state index contributed by atoms with van der Waals surface area (Å²) in [6.45, 7) is 5.81. The summed E-state index contributed by atoms with van der Waals surface area (Å²) in [6.07, 6.45) is -1.06. The Balaban J connectivity index is 4.19. The van der Waals surface area contributed by atoms with Crippen LogP contribution in [0.25, 0.3) is 0 Å². The zero-order valence-electron chi connectivity index (χ0n) is 18.2. The molecule has 0 fully saturated rings. The van der Waals surface area contributed by atoms with Gasteiger partial charge in [0.05, 0.1) is 5.54 Å². The molecule has 1 aromatic rings. The minimum absolute atomic E-state index is 0.0282. The highest BCUT2D eigenvalue weighted by atomic mass is 35.5. The number of rotatable bonds is 9. The largest absolute Gasteiger partial charge is 0.346 e. The Morgan fingerprint density at radius 1 is 0.969 bits per heavy atom. The molecule has 0 unspecified atom stereocenters. The van der Waals surface area contributed by atoms with Crippen LogP contribution in [0.1, 0.15) is 63.7 Å². The van der Waals surface area contributed by atoms with Gasteiger partial charge in [-0.15, -0.1) is 0 Å². The van der Waals surface area contributed by atoms with Gasteiger partial charge >= 0.3 is 15.2 Å². The number of hydrogen-bond acceptors (Lipinski definition) is 5. The van der Waals surface area contributed by atoms with Crippen LogP contribution in [-0.2, 0) is 9.13 Å². The van der Waals surface area contributed by atoms with Crippen molar-refractivity contribution in [3.63, 3.8) is 0 Å². The van der Waals surface area contributed by atoms with Crippen molar-refractivity contribution in [2.24, 2.45) is 10.9 Å². The highest BCUT2D eigenvalue weighted by Gasteiger charge is 2.72. The maximum absolute atomic E-state index is 13.8. The molecule has 0 heterocycles. The van der Waals surface area contributed by atoms with Crippen molar-refractivity contribution in [1.82, 2.24) is 4.90 Å². The highest BCUT2D eigenvalue weighted by molar-refractivity contribution is 7.72. The van der Waals surface area contributed by atoms with Crippen LogP contribution in [0.2, 0.25) is 10.0 Å². The van der Waals surface area contributed by atoms with E-state index in [1.807, 2.05) is 0 Å². The number of nitrogens with zero attached hydrogens (tertiary/aromatic N) is 2. The van der Waals surface area contributed by atoms with Gasteiger partial charge < -0.3 is 25.4 Å². The van der Waals surface area contributed by atoms with E-state index in [1.165, 1.54) is 39.0 Å². The van der Waals surface area contributed by atoms with Gasteiger partial charge in [0.2, 0.25) is 0 Å². The summed E-state index contributed by atoms with van der Waals surface area (Å²) < 4.78 is 25.6. The standard InChI is InChI=1S/C18H29Cl2N3O7P2/c1-5-15(22-21)23(16(24)12-9-13(19)11-14(20)10-12)17(6-2,7-3)18(8-4,31(25,26)27)32(28,29)30/h9-11H,5-8,21H2,1-4H3,(H2,25,26,27)(H2,28,29,30). The molecule has 0 aliphatic carbocycles. The average molecular weight is 532 g/mol. The van der Waals surface area contributed by atoms with E-state index in [2.05, 4.69) is 5.10 Å². The Morgan fingerprint density at radius 3 is 1.69 bits per heavy atom. The van der Waals surface area contributed by atoms with E-state index >= 15 is 0 Å². The fourth-order valence-corrected chi connectivity index (χ4v) is 9.06. The van der Waals surface area contributed by atoms with Crippen molar-refractivity contribution in [1.29, 1.82) is 0 Å². The number of hydrogen-bond donors (Lipinski definition) is 5. The topological polar surface area (TPSA) is 174 Å². The molecule has 182 valence electrons. The lowest BCUT2D eigenvalue weighted by Crippen LogP contribution is -2.66. The molecule has 0 spiro atoms. The average Bonchev–Trinajstić information content (AvgIpc) is 2.67. The molecule has 6 N–H and O–H groups in total. The molecule has 0 atom stereocenters. The Morgan fingerprint density at radius 2 is 1.41 bits per heavy atom. The van der Waals surface area contributed by atoms with E-state index in [0.717, 1.165) is 4.90 Å². The minimum atomic E-state index is -5.55. The Bertz CT molecular complexity index is 931. The first kappa shape index (κ1) is 29.1. The third-order valence-corrected chi connectivity index (χ3v) is 11.2. The van der Waals surface area contributed by atoms with Gasteiger partial charge in [-0.25, -0.2) is 0 Å². The van der Waals surface area contributed by atoms with Crippen molar-refractivity contribution in [3.05, 3.63) is 33.8 Å². The molecule has 0 aromatic heterocycles. The normalized spacial score (nSPS) is 13.9. The van der Waals surface area contributed by atoms with E-state index in [1.54, 1.807) is 6.92 Å². The summed E-state index contributed by atoms with van der Waals surface area (Å²) in [5.74, 6) is 4.55. The first-order chi connectivity index (χ1) is 14.6. The van der Waals surface area contributed by atoms with Crippen LogP contribution in [0.5, 0.6) is 0 Å². The van der Waals surface area contributed by atoms with Gasteiger partial charge in [0, 0.05) is 22.0 Å². The van der Waals surface area contributed by atoms with Crippen LogP contribution in [0.15, 0.2) is 23.3 Å². The number of hydrazone groups is 1. The molecule has 1 aromatic carbocycles. The molecule has 0 bridgehead atoms. The van der Waals surface area contributed by atoms with Crippen LogP contribution in [0.3, 0.4) is 0 Å². The quantitative estimate of drug-likeness (QED) is 0.104. The molecule has 10 nitrogen and oxygen atoms in total. The second-order valence-electron chi connectivity index (χ2n) is 7.19. The van der Waals surface area contributed by atoms with Crippen LogP contribution in [0, 0.1) is 0 Å². The Labute approximate surface area is 197 Å². The van der Waals surface area contributed by atoms with E-state index in [0.29, 0.717) is 0 Å². The second-order valence-corrected chi connectivity index (χ2v) is 12.1. The summed E-state index contributed by atoms with van der Waals surface area (Å²) in [7, 11) is -11.1. The molecule has 0 aliphatic rings. The van der Waals surface area contributed by atoms with E-state index in [9.17, 15) is 33.5 Å². The Hall–Kier alpha value is -0.960. The van der Waals surface area contributed by atoms with E-state index < -0.39 is 38.0 Å². The zero-order valence-corrected chi connectivity index (χ0v) is 21.5. The minimum Gasteiger partial charge on any atom is -0.324 e. The van der Waals surface area contributed by atoms with Gasteiger partial charge in [-0.2, -0.15) is 5.10 Å². The molecule has 32 heavy (non-hydrogen) atoms. The third-order valence-electron chi connectivity index (χ3n) is 5.84. The number of amides is 1. The maximum atomic E-state index is 13.8. The summed E-state index contributed by atoms with van der Waals surface area (Å²) >= 11 is 12.1. The highest BCUT2D eigenvalue weighted by Crippen LogP contribution is 2.76. The first-order valence-electron chi connectivity index (χ1n) is 9.82. The van der Waals surface area contributed by atoms with Crippen molar-refractivity contribution in [2.45, 2.75) is 63.8 Å². The summed E-state index contributed by atoms with van der Waals surface area (Å²) in [5, 5.41) is 3.86. The van der Waals surface area contributed by atoms with Crippen molar-refractivity contribution < 1.29 is 33.5 Å². The van der Waals surface area contributed by atoms with Crippen LogP contribution in [-0.4, -0.2) is 46.7 Å². The lowest BCUT2D eigenvalue weighted by Gasteiger charge is -2.54. The number of halogens is 2. The fraction of sp³-hybridized carbons (Fsp3) is 0.556. The predicted molar refractivity (Wildman–Crippen MR) is 125 cm³/mol. The first-order valence-corrected chi connectivity index (χ1v) is 13.8.